The maximum Gasteiger partial charge on any atom is 0.326 e. The molecular weight excluding hydrogens is 318 g/mol. The Bertz CT molecular complexity index is 620. The fourth-order valence-electron chi connectivity index (χ4n) is 2.50. The minimum absolute atomic E-state index is 0.106. The summed E-state index contributed by atoms with van der Waals surface area (Å²) in [5.41, 5.74) is 0.856. The third-order valence-corrected chi connectivity index (χ3v) is 4.11. The summed E-state index contributed by atoms with van der Waals surface area (Å²) in [6.45, 7) is 2.23. The lowest BCUT2D eigenvalue weighted by Crippen LogP contribution is -2.33. The summed E-state index contributed by atoms with van der Waals surface area (Å²) in [5.74, 6) is -0.354. The molecule has 1 fully saturated rings. The number of carbonyl (C=O) groups is 3. The highest BCUT2D eigenvalue weighted by atomic mass is 35.5. The maximum absolute atomic E-state index is 12.0. The summed E-state index contributed by atoms with van der Waals surface area (Å²) in [6, 6.07) is 6.84. The van der Waals surface area contributed by atoms with Crippen LogP contribution in [0.4, 0.5) is 4.79 Å². The van der Waals surface area contributed by atoms with E-state index < -0.39 is 0 Å². The van der Waals surface area contributed by atoms with Crippen molar-refractivity contribution in [2.75, 3.05) is 20.1 Å². The molecule has 0 aliphatic carbocycles. The fraction of sp³-hybridized carbons (Fsp3) is 0.438. The number of carbonyl (C=O) groups excluding carboxylic acids is 3. The molecule has 124 valence electrons. The van der Waals surface area contributed by atoms with Crippen LogP contribution in [0.15, 0.2) is 24.3 Å². The zero-order valence-corrected chi connectivity index (χ0v) is 14.0. The first-order chi connectivity index (χ1) is 10.9. The van der Waals surface area contributed by atoms with Gasteiger partial charge in [-0.3, -0.25) is 14.5 Å². The molecule has 1 atom stereocenters. The van der Waals surface area contributed by atoms with Crippen LogP contribution in [0.2, 0.25) is 5.02 Å². The second kappa shape index (κ2) is 7.46. The molecule has 0 saturated carbocycles. The Morgan fingerprint density at radius 2 is 2.04 bits per heavy atom. The maximum atomic E-state index is 12.0. The van der Waals surface area contributed by atoms with E-state index in [1.807, 2.05) is 25.1 Å². The van der Waals surface area contributed by atoms with Crippen LogP contribution in [0.5, 0.6) is 0 Å². The number of rotatable bonds is 6. The number of hydrogen-bond donors (Lipinski definition) is 1. The predicted octanol–water partition coefficient (Wildman–Crippen LogP) is 2.19. The summed E-state index contributed by atoms with van der Waals surface area (Å²) in [4.78, 5) is 37.9. The topological polar surface area (TPSA) is 69.7 Å². The minimum atomic E-state index is -0.306. The summed E-state index contributed by atoms with van der Waals surface area (Å²) in [5, 5.41) is 3.48. The molecule has 2 rings (SSSR count). The van der Waals surface area contributed by atoms with Crippen molar-refractivity contribution in [3.05, 3.63) is 34.9 Å². The van der Waals surface area contributed by atoms with E-state index in [9.17, 15) is 14.4 Å². The van der Waals surface area contributed by atoms with Gasteiger partial charge in [0.25, 0.3) is 0 Å². The van der Waals surface area contributed by atoms with Crippen molar-refractivity contribution in [2.45, 2.75) is 25.8 Å². The number of imide groups is 1. The molecule has 1 saturated heterocycles. The lowest BCUT2D eigenvalue weighted by molar-refractivity contribution is -0.126. The van der Waals surface area contributed by atoms with Crippen LogP contribution in [0.3, 0.4) is 0 Å². The SMILES string of the molecule is CC(NC(=O)CCCN1C(=O)CN(C)C1=O)c1ccccc1Cl. The number of benzene rings is 1. The van der Waals surface area contributed by atoms with E-state index in [4.69, 9.17) is 11.6 Å². The highest BCUT2D eigenvalue weighted by Crippen LogP contribution is 2.22. The zero-order valence-electron chi connectivity index (χ0n) is 13.2. The molecule has 4 amide bonds. The molecule has 1 aliphatic heterocycles. The molecule has 1 N–H and O–H groups in total. The normalized spacial score (nSPS) is 16.0. The first kappa shape index (κ1) is 17.3. The fourth-order valence-corrected chi connectivity index (χ4v) is 2.80. The number of amides is 4. The molecule has 1 aromatic carbocycles. The van der Waals surface area contributed by atoms with Gasteiger partial charge in [0.1, 0.15) is 6.54 Å². The Kier molecular flexibility index (Phi) is 5.60. The van der Waals surface area contributed by atoms with Crippen molar-refractivity contribution >= 4 is 29.4 Å². The third-order valence-electron chi connectivity index (χ3n) is 3.77. The van der Waals surface area contributed by atoms with Gasteiger partial charge in [0.15, 0.2) is 0 Å². The van der Waals surface area contributed by atoms with Gasteiger partial charge in [0.05, 0.1) is 6.04 Å². The first-order valence-electron chi connectivity index (χ1n) is 7.49. The molecule has 1 heterocycles. The lowest BCUT2D eigenvalue weighted by Gasteiger charge is -2.17. The Hall–Kier alpha value is -2.08. The Morgan fingerprint density at radius 3 is 2.65 bits per heavy atom. The van der Waals surface area contributed by atoms with Crippen molar-refractivity contribution in [3.63, 3.8) is 0 Å². The molecule has 0 aromatic heterocycles. The van der Waals surface area contributed by atoms with Gasteiger partial charge in [-0.1, -0.05) is 29.8 Å². The van der Waals surface area contributed by atoms with Crippen molar-refractivity contribution in [1.82, 2.24) is 15.1 Å². The molecule has 23 heavy (non-hydrogen) atoms. The van der Waals surface area contributed by atoms with E-state index in [0.717, 1.165) is 5.56 Å². The van der Waals surface area contributed by atoms with Crippen LogP contribution in [0.1, 0.15) is 31.4 Å². The van der Waals surface area contributed by atoms with Crippen molar-refractivity contribution < 1.29 is 14.4 Å². The van der Waals surface area contributed by atoms with Crippen LogP contribution in [0.25, 0.3) is 0 Å². The smallest absolute Gasteiger partial charge is 0.326 e. The minimum Gasteiger partial charge on any atom is -0.350 e. The van der Waals surface area contributed by atoms with Crippen molar-refractivity contribution in [1.29, 1.82) is 0 Å². The number of likely N-dealkylation sites (N-methyl/N-ethyl adjacent to an activating group) is 1. The molecule has 1 aliphatic rings. The Morgan fingerprint density at radius 1 is 1.35 bits per heavy atom. The Labute approximate surface area is 140 Å². The van der Waals surface area contributed by atoms with Crippen LogP contribution >= 0.6 is 11.6 Å². The summed E-state index contributed by atoms with van der Waals surface area (Å²) in [7, 11) is 1.58. The van der Waals surface area contributed by atoms with Gasteiger partial charge in [-0.05, 0) is 25.0 Å². The standard InChI is InChI=1S/C16H20ClN3O3/c1-11(12-6-3-4-7-13(12)17)18-14(21)8-5-9-20-15(22)10-19(2)16(20)23/h3-4,6-7,11H,5,8-10H2,1-2H3,(H,18,21). The van der Waals surface area contributed by atoms with Crippen LogP contribution in [-0.4, -0.2) is 47.8 Å². The van der Waals surface area contributed by atoms with Crippen molar-refractivity contribution in [2.24, 2.45) is 0 Å². The molecule has 0 spiro atoms. The van der Waals surface area contributed by atoms with E-state index in [0.29, 0.717) is 11.4 Å². The highest BCUT2D eigenvalue weighted by molar-refractivity contribution is 6.31. The average molecular weight is 338 g/mol. The number of hydrogen-bond acceptors (Lipinski definition) is 3. The third kappa shape index (κ3) is 4.22. The molecule has 1 aromatic rings. The average Bonchev–Trinajstić information content (AvgIpc) is 2.73. The van der Waals surface area contributed by atoms with Gasteiger partial charge < -0.3 is 10.2 Å². The van der Waals surface area contributed by atoms with Gasteiger partial charge in [-0.2, -0.15) is 0 Å². The number of nitrogens with one attached hydrogen (secondary N) is 1. The van der Waals surface area contributed by atoms with Crippen molar-refractivity contribution in [3.8, 4) is 0 Å². The summed E-state index contributed by atoms with van der Waals surface area (Å²) >= 11 is 6.10. The summed E-state index contributed by atoms with van der Waals surface area (Å²) < 4.78 is 0. The molecule has 1 unspecified atom stereocenters. The second-order valence-corrected chi connectivity index (χ2v) is 6.01. The van der Waals surface area contributed by atoms with E-state index in [1.54, 1.807) is 13.1 Å². The van der Waals surface area contributed by atoms with Crippen LogP contribution in [0, 0.1) is 0 Å². The van der Waals surface area contributed by atoms with Gasteiger partial charge in [-0.15, -0.1) is 0 Å². The van der Waals surface area contributed by atoms with Crippen LogP contribution in [-0.2, 0) is 9.59 Å². The number of nitrogens with zero attached hydrogens (tertiary/aromatic N) is 2. The van der Waals surface area contributed by atoms with E-state index in [1.165, 1.54) is 9.80 Å². The van der Waals surface area contributed by atoms with Gasteiger partial charge in [-0.25, -0.2) is 4.79 Å². The highest BCUT2D eigenvalue weighted by Gasteiger charge is 2.32. The van der Waals surface area contributed by atoms with E-state index >= 15 is 0 Å². The molecule has 7 heteroatoms. The largest absolute Gasteiger partial charge is 0.350 e. The van der Waals surface area contributed by atoms with E-state index in [-0.39, 0.29) is 43.4 Å². The molecular formula is C16H20ClN3O3. The monoisotopic (exact) mass is 337 g/mol. The van der Waals surface area contributed by atoms with Gasteiger partial charge in [0.2, 0.25) is 11.8 Å². The van der Waals surface area contributed by atoms with E-state index in [2.05, 4.69) is 5.32 Å². The second-order valence-electron chi connectivity index (χ2n) is 5.60. The Balaban J connectivity index is 1.78. The summed E-state index contributed by atoms with van der Waals surface area (Å²) in [6.07, 6.45) is 0.683. The lowest BCUT2D eigenvalue weighted by atomic mass is 10.1. The number of urea groups is 1. The van der Waals surface area contributed by atoms with Gasteiger partial charge >= 0.3 is 6.03 Å². The molecule has 0 bridgehead atoms. The molecule has 6 nitrogen and oxygen atoms in total. The first-order valence-corrected chi connectivity index (χ1v) is 7.87. The zero-order chi connectivity index (χ0) is 17.0. The molecule has 0 radical (unpaired) electrons. The number of halogens is 1. The predicted molar refractivity (Wildman–Crippen MR) is 87.0 cm³/mol. The quantitative estimate of drug-likeness (QED) is 0.809. The van der Waals surface area contributed by atoms with Gasteiger partial charge in [0, 0.05) is 25.0 Å². The van der Waals surface area contributed by atoms with Crippen LogP contribution < -0.4 is 5.32 Å².